The number of amides is 2. The van der Waals surface area contributed by atoms with Crippen LogP contribution >= 0.6 is 0 Å². The first-order chi connectivity index (χ1) is 12.0. The van der Waals surface area contributed by atoms with Gasteiger partial charge in [0.25, 0.3) is 5.91 Å². The molecule has 8 heteroatoms. The highest BCUT2D eigenvalue weighted by Gasteiger charge is 2.32. The molecule has 8 nitrogen and oxygen atoms in total. The van der Waals surface area contributed by atoms with Crippen molar-refractivity contribution < 1.29 is 14.4 Å². The Morgan fingerprint density at radius 1 is 1.20 bits per heavy atom. The van der Waals surface area contributed by atoms with Gasteiger partial charge in [0.05, 0.1) is 12.2 Å². The zero-order chi connectivity index (χ0) is 18.2. The molecular formula is C17H25N5O3. The molecule has 0 saturated heterocycles. The van der Waals surface area contributed by atoms with E-state index >= 15 is 0 Å². The number of nitrogens with one attached hydrogen (secondary N) is 2. The average molecular weight is 347 g/mol. The molecule has 1 aliphatic carbocycles. The number of carbonyl (C=O) groups is 3. The molecule has 1 fully saturated rings. The van der Waals surface area contributed by atoms with Crippen molar-refractivity contribution in [2.24, 2.45) is 11.7 Å². The summed E-state index contributed by atoms with van der Waals surface area (Å²) in [5.74, 6) is -1.01. The minimum atomic E-state index is -0.744. The van der Waals surface area contributed by atoms with Crippen LogP contribution in [0, 0.1) is 5.92 Å². The molecule has 0 bridgehead atoms. The summed E-state index contributed by atoms with van der Waals surface area (Å²) in [6.07, 6.45) is 9.11. The second-order valence-electron chi connectivity index (χ2n) is 6.35. The first-order valence-corrected chi connectivity index (χ1v) is 8.60. The van der Waals surface area contributed by atoms with Gasteiger partial charge in [-0.1, -0.05) is 19.3 Å². The van der Waals surface area contributed by atoms with Gasteiger partial charge in [0.1, 0.15) is 11.7 Å². The van der Waals surface area contributed by atoms with Crippen molar-refractivity contribution in [1.29, 1.82) is 0 Å². The molecule has 0 spiro atoms. The van der Waals surface area contributed by atoms with Crippen molar-refractivity contribution in [1.82, 2.24) is 20.6 Å². The fourth-order valence-electron chi connectivity index (χ4n) is 3.08. The van der Waals surface area contributed by atoms with Gasteiger partial charge in [-0.25, -0.2) is 4.98 Å². The van der Waals surface area contributed by atoms with E-state index in [1.165, 1.54) is 25.5 Å². The molecule has 0 radical (unpaired) electrons. The Hall–Kier alpha value is -2.35. The zero-order valence-corrected chi connectivity index (χ0v) is 14.4. The van der Waals surface area contributed by atoms with E-state index in [0.29, 0.717) is 0 Å². The normalized spacial score (nSPS) is 17.4. The first kappa shape index (κ1) is 19.0. The number of hydrogen-bond donors (Lipinski definition) is 3. The monoisotopic (exact) mass is 347 g/mol. The summed E-state index contributed by atoms with van der Waals surface area (Å²) in [4.78, 5) is 44.5. The smallest absolute Gasteiger partial charge is 0.272 e. The van der Waals surface area contributed by atoms with Gasteiger partial charge >= 0.3 is 0 Å². The molecule has 0 aromatic carbocycles. The van der Waals surface area contributed by atoms with Gasteiger partial charge < -0.3 is 16.4 Å². The molecule has 2 rings (SSSR count). The van der Waals surface area contributed by atoms with Crippen LogP contribution in [0.2, 0.25) is 0 Å². The zero-order valence-electron chi connectivity index (χ0n) is 14.4. The van der Waals surface area contributed by atoms with Crippen molar-refractivity contribution in [2.75, 3.05) is 6.54 Å². The predicted molar refractivity (Wildman–Crippen MR) is 91.5 cm³/mol. The number of aromatic nitrogens is 2. The quantitative estimate of drug-likeness (QED) is 0.646. The van der Waals surface area contributed by atoms with Gasteiger partial charge in [0.2, 0.25) is 5.91 Å². The molecule has 1 saturated carbocycles. The summed E-state index contributed by atoms with van der Waals surface area (Å²) >= 11 is 0. The molecule has 2 unspecified atom stereocenters. The highest BCUT2D eigenvalue weighted by atomic mass is 16.2. The minimum Gasteiger partial charge on any atom is -0.343 e. The van der Waals surface area contributed by atoms with Gasteiger partial charge in [0, 0.05) is 18.9 Å². The Morgan fingerprint density at radius 3 is 2.48 bits per heavy atom. The van der Waals surface area contributed by atoms with Gasteiger partial charge in [-0.05, 0) is 25.7 Å². The molecule has 0 aliphatic heterocycles. The van der Waals surface area contributed by atoms with Crippen LogP contribution in [-0.2, 0) is 9.59 Å². The summed E-state index contributed by atoms with van der Waals surface area (Å²) in [7, 11) is 0. The molecule has 2 atom stereocenters. The van der Waals surface area contributed by atoms with Crippen LogP contribution in [0.5, 0.6) is 0 Å². The van der Waals surface area contributed by atoms with Crippen molar-refractivity contribution in [2.45, 2.75) is 51.1 Å². The van der Waals surface area contributed by atoms with Crippen molar-refractivity contribution in [3.63, 3.8) is 0 Å². The van der Waals surface area contributed by atoms with Gasteiger partial charge in [-0.3, -0.25) is 19.4 Å². The molecular weight excluding hydrogens is 322 g/mol. The lowest BCUT2D eigenvalue weighted by Gasteiger charge is -2.30. The van der Waals surface area contributed by atoms with E-state index in [4.69, 9.17) is 5.73 Å². The minimum absolute atomic E-state index is 0.0244. The number of nitrogens with two attached hydrogens (primary N) is 1. The number of nitrogens with zero attached hydrogens (tertiary/aromatic N) is 2. The fraction of sp³-hybridized carbons (Fsp3) is 0.588. The lowest BCUT2D eigenvalue weighted by Crippen LogP contribution is -2.56. The van der Waals surface area contributed by atoms with Crippen LogP contribution in [0.4, 0.5) is 0 Å². The average Bonchev–Trinajstić information content (AvgIpc) is 2.64. The maximum Gasteiger partial charge on any atom is 0.272 e. The first-order valence-electron chi connectivity index (χ1n) is 8.60. The number of rotatable bonds is 7. The van der Waals surface area contributed by atoms with Crippen LogP contribution in [-0.4, -0.2) is 46.2 Å². The molecule has 1 aliphatic rings. The maximum atomic E-state index is 12.7. The fourth-order valence-corrected chi connectivity index (χ4v) is 3.08. The van der Waals surface area contributed by atoms with Crippen LogP contribution in [0.1, 0.15) is 49.5 Å². The maximum absolute atomic E-state index is 12.7. The summed E-state index contributed by atoms with van der Waals surface area (Å²) in [6.45, 7) is 1.40. The van der Waals surface area contributed by atoms with E-state index < -0.39 is 18.0 Å². The highest BCUT2D eigenvalue weighted by molar-refractivity contribution is 5.97. The molecule has 1 aromatic rings. The van der Waals surface area contributed by atoms with Crippen molar-refractivity contribution in [3.05, 3.63) is 24.3 Å². The van der Waals surface area contributed by atoms with E-state index in [9.17, 15) is 14.4 Å². The number of hydrogen-bond acceptors (Lipinski definition) is 6. The summed E-state index contributed by atoms with van der Waals surface area (Å²) in [5.41, 5.74) is 5.70. The standard InChI is InChI=1S/C17H25N5O3/c1-11(23)13(9-18)21-17(25)15(12-5-3-2-4-6-12)22-16(24)14-10-19-7-8-20-14/h7-8,10,12-13,15H,2-6,9,18H2,1H3,(H,21,25)(H,22,24). The molecule has 1 heterocycles. The van der Waals surface area contributed by atoms with E-state index in [2.05, 4.69) is 20.6 Å². The van der Waals surface area contributed by atoms with E-state index in [1.54, 1.807) is 0 Å². The Kier molecular flexibility index (Phi) is 7.00. The number of ketones is 1. The van der Waals surface area contributed by atoms with E-state index in [0.717, 1.165) is 32.1 Å². The van der Waals surface area contributed by atoms with Gasteiger partial charge in [-0.15, -0.1) is 0 Å². The molecule has 4 N–H and O–H groups in total. The predicted octanol–water partition coefficient (Wildman–Crippen LogP) is 0.188. The molecule has 1 aromatic heterocycles. The van der Waals surface area contributed by atoms with E-state index in [-0.39, 0.29) is 29.8 Å². The second kappa shape index (κ2) is 9.22. The van der Waals surface area contributed by atoms with Crippen LogP contribution in [0.25, 0.3) is 0 Å². The Morgan fingerprint density at radius 2 is 1.92 bits per heavy atom. The number of Topliss-reactive ketones (excluding diaryl/α,β-unsaturated/α-hetero) is 1. The summed E-state index contributed by atoms with van der Waals surface area (Å²) in [6, 6.07) is -1.46. The van der Waals surface area contributed by atoms with Crippen LogP contribution in [0.15, 0.2) is 18.6 Å². The number of carbonyl (C=O) groups excluding carboxylic acids is 3. The highest BCUT2D eigenvalue weighted by Crippen LogP contribution is 2.27. The van der Waals surface area contributed by atoms with Gasteiger partial charge in [0.15, 0.2) is 5.78 Å². The lowest BCUT2D eigenvalue weighted by molar-refractivity contribution is -0.129. The topological polar surface area (TPSA) is 127 Å². The SMILES string of the molecule is CC(=O)C(CN)NC(=O)C(NC(=O)c1cnccn1)C1CCCCC1. The van der Waals surface area contributed by atoms with Crippen LogP contribution < -0.4 is 16.4 Å². The largest absolute Gasteiger partial charge is 0.343 e. The lowest BCUT2D eigenvalue weighted by atomic mass is 9.83. The van der Waals surface area contributed by atoms with Crippen molar-refractivity contribution >= 4 is 17.6 Å². The second-order valence-corrected chi connectivity index (χ2v) is 6.35. The van der Waals surface area contributed by atoms with E-state index in [1.807, 2.05) is 0 Å². The third kappa shape index (κ3) is 5.32. The Balaban J connectivity index is 2.13. The molecule has 136 valence electrons. The molecule has 2 amide bonds. The third-order valence-electron chi connectivity index (χ3n) is 4.53. The summed E-state index contributed by atoms with van der Waals surface area (Å²) < 4.78 is 0. The van der Waals surface area contributed by atoms with Crippen LogP contribution in [0.3, 0.4) is 0 Å². The summed E-state index contributed by atoms with van der Waals surface area (Å²) in [5, 5.41) is 5.42. The van der Waals surface area contributed by atoms with Crippen molar-refractivity contribution in [3.8, 4) is 0 Å². The van der Waals surface area contributed by atoms with Gasteiger partial charge in [-0.2, -0.15) is 0 Å². The Labute approximate surface area is 147 Å². The Bertz CT molecular complexity index is 602. The third-order valence-corrected chi connectivity index (χ3v) is 4.53. The molecule has 25 heavy (non-hydrogen) atoms.